The van der Waals surface area contributed by atoms with Gasteiger partial charge in [-0.25, -0.2) is 4.98 Å². The number of hydrogen-bond acceptors (Lipinski definition) is 7. The van der Waals surface area contributed by atoms with Gasteiger partial charge in [-0.3, -0.25) is 4.79 Å². The maximum Gasteiger partial charge on any atom is 0.209 e. The molecule has 2 atom stereocenters. The van der Waals surface area contributed by atoms with E-state index in [1.807, 2.05) is 0 Å². The van der Waals surface area contributed by atoms with Gasteiger partial charge in [0.2, 0.25) is 5.16 Å². The van der Waals surface area contributed by atoms with Crippen LogP contribution in [0, 0.1) is 5.41 Å². The summed E-state index contributed by atoms with van der Waals surface area (Å²) in [5.74, 6) is 2.03. The number of hydrogen-bond donors (Lipinski definition) is 0. The van der Waals surface area contributed by atoms with Crippen LogP contribution in [0.25, 0.3) is 0 Å². The molecule has 6 nitrogen and oxygen atoms in total. The van der Waals surface area contributed by atoms with E-state index in [1.165, 1.54) is 11.8 Å². The summed E-state index contributed by atoms with van der Waals surface area (Å²) in [6.45, 7) is 7.96. The molecule has 2 bridgehead atoms. The van der Waals surface area contributed by atoms with Crippen molar-refractivity contribution in [1.82, 2.24) is 15.2 Å². The number of rotatable bonds is 4. The molecule has 0 amide bonds. The molecule has 3 aliphatic rings. The number of Topliss-reactive ketones (excluding diaryl/α,β-unsaturated/α-hetero) is 1. The SMILES string of the molecule is CC1(C)[C@H]2CC[C@]1(C)c1nc(SCC(=O)c3ccc4c(c3)OCCO4)nnc12. The van der Waals surface area contributed by atoms with Gasteiger partial charge in [-0.2, -0.15) is 5.10 Å². The summed E-state index contributed by atoms with van der Waals surface area (Å²) in [4.78, 5) is 17.5. The van der Waals surface area contributed by atoms with Crippen molar-refractivity contribution < 1.29 is 14.3 Å². The van der Waals surface area contributed by atoms with Crippen LogP contribution in [0.1, 0.15) is 61.3 Å². The summed E-state index contributed by atoms with van der Waals surface area (Å²) in [6, 6.07) is 5.32. The minimum Gasteiger partial charge on any atom is -0.486 e. The minimum absolute atomic E-state index is 0.0131. The Balaban J connectivity index is 1.33. The van der Waals surface area contributed by atoms with Gasteiger partial charge in [0, 0.05) is 16.9 Å². The Morgan fingerprint density at radius 2 is 1.96 bits per heavy atom. The van der Waals surface area contributed by atoms with Crippen molar-refractivity contribution in [2.45, 2.75) is 50.1 Å². The number of ketones is 1. The van der Waals surface area contributed by atoms with Crippen LogP contribution in [-0.2, 0) is 5.41 Å². The quantitative estimate of drug-likeness (QED) is 0.574. The summed E-state index contributed by atoms with van der Waals surface area (Å²) in [5.41, 5.74) is 2.94. The number of carbonyl (C=O) groups excluding carboxylic acids is 1. The molecule has 0 saturated heterocycles. The van der Waals surface area contributed by atoms with E-state index in [0.29, 0.717) is 41.4 Å². The van der Waals surface area contributed by atoms with Gasteiger partial charge in [-0.05, 0) is 36.5 Å². The Morgan fingerprint density at radius 1 is 1.18 bits per heavy atom. The van der Waals surface area contributed by atoms with E-state index >= 15 is 0 Å². The zero-order valence-corrected chi connectivity index (χ0v) is 17.1. The predicted octanol–water partition coefficient (Wildman–Crippen LogP) is 3.79. The molecule has 1 fully saturated rings. The molecular formula is C21H23N3O3S. The third kappa shape index (κ3) is 2.48. The normalized spacial score (nSPS) is 26.2. The molecule has 1 saturated carbocycles. The van der Waals surface area contributed by atoms with Gasteiger partial charge >= 0.3 is 0 Å². The van der Waals surface area contributed by atoms with Crippen LogP contribution in [0.5, 0.6) is 11.5 Å². The molecule has 0 unspecified atom stereocenters. The van der Waals surface area contributed by atoms with Gasteiger partial charge < -0.3 is 9.47 Å². The van der Waals surface area contributed by atoms with Crippen molar-refractivity contribution in [3.63, 3.8) is 0 Å². The number of fused-ring (bicyclic) bond motifs is 6. The summed E-state index contributed by atoms with van der Waals surface area (Å²) in [5, 5.41) is 9.39. The molecule has 1 aliphatic heterocycles. The second kappa shape index (κ2) is 6.17. The summed E-state index contributed by atoms with van der Waals surface area (Å²) >= 11 is 1.35. The molecule has 28 heavy (non-hydrogen) atoms. The van der Waals surface area contributed by atoms with Crippen LogP contribution in [0.2, 0.25) is 0 Å². The second-order valence-electron chi connectivity index (χ2n) is 8.54. The van der Waals surface area contributed by atoms with E-state index in [0.717, 1.165) is 24.2 Å². The zero-order valence-electron chi connectivity index (χ0n) is 16.3. The standard InChI is InChI=1S/C21H23N3O3S/c1-20(2)13-6-7-21(20,3)18-17(13)23-24-19(22-18)28-11-14(25)12-4-5-15-16(10-12)27-9-8-26-15/h4-5,10,13H,6-9,11H2,1-3H3/t13-,21+/m0/s1. The zero-order chi connectivity index (χ0) is 19.5. The van der Waals surface area contributed by atoms with E-state index in [-0.39, 0.29) is 22.4 Å². The van der Waals surface area contributed by atoms with Gasteiger partial charge in [0.25, 0.3) is 0 Å². The van der Waals surface area contributed by atoms with Crippen molar-refractivity contribution in [2.24, 2.45) is 5.41 Å². The topological polar surface area (TPSA) is 74.2 Å². The fourth-order valence-electron chi connectivity index (χ4n) is 4.85. The van der Waals surface area contributed by atoms with E-state index in [1.54, 1.807) is 18.2 Å². The average molecular weight is 398 g/mol. The number of carbonyl (C=O) groups is 1. The Kier molecular flexibility index (Phi) is 3.95. The fourth-order valence-corrected chi connectivity index (χ4v) is 5.54. The number of thioether (sulfide) groups is 1. The summed E-state index contributed by atoms with van der Waals surface area (Å²) in [7, 11) is 0. The second-order valence-corrected chi connectivity index (χ2v) is 9.49. The first-order valence-electron chi connectivity index (χ1n) is 9.71. The van der Waals surface area contributed by atoms with E-state index in [4.69, 9.17) is 14.5 Å². The Morgan fingerprint density at radius 3 is 2.79 bits per heavy atom. The molecule has 0 N–H and O–H groups in total. The highest BCUT2D eigenvalue weighted by Crippen LogP contribution is 2.66. The summed E-state index contributed by atoms with van der Waals surface area (Å²) in [6.07, 6.45) is 2.29. The van der Waals surface area contributed by atoms with E-state index in [2.05, 4.69) is 31.0 Å². The van der Waals surface area contributed by atoms with Crippen molar-refractivity contribution in [3.05, 3.63) is 35.2 Å². The van der Waals surface area contributed by atoms with Crippen LogP contribution >= 0.6 is 11.8 Å². The maximum absolute atomic E-state index is 12.6. The van der Waals surface area contributed by atoms with Gasteiger partial charge in [0.05, 0.1) is 17.1 Å². The predicted molar refractivity (Wildman–Crippen MR) is 105 cm³/mol. The monoisotopic (exact) mass is 397 g/mol. The molecule has 1 aromatic carbocycles. The van der Waals surface area contributed by atoms with Gasteiger partial charge in [0.15, 0.2) is 17.3 Å². The lowest BCUT2D eigenvalue weighted by atomic mass is 9.70. The van der Waals surface area contributed by atoms with Crippen LogP contribution in [0.4, 0.5) is 0 Å². The highest BCUT2D eigenvalue weighted by molar-refractivity contribution is 7.99. The van der Waals surface area contributed by atoms with Crippen LogP contribution in [0.15, 0.2) is 23.4 Å². The first kappa shape index (κ1) is 17.9. The number of nitrogens with zero attached hydrogens (tertiary/aromatic N) is 3. The van der Waals surface area contributed by atoms with Crippen molar-refractivity contribution in [3.8, 4) is 11.5 Å². The van der Waals surface area contributed by atoms with Crippen molar-refractivity contribution in [2.75, 3.05) is 19.0 Å². The molecule has 5 rings (SSSR count). The molecule has 7 heteroatoms. The first-order valence-corrected chi connectivity index (χ1v) is 10.7. The Bertz CT molecular complexity index is 977. The molecule has 1 aromatic heterocycles. The van der Waals surface area contributed by atoms with Crippen LogP contribution in [0.3, 0.4) is 0 Å². The molecule has 0 spiro atoms. The third-order valence-electron chi connectivity index (χ3n) is 6.97. The molecule has 0 radical (unpaired) electrons. The molecular weight excluding hydrogens is 374 g/mol. The highest BCUT2D eigenvalue weighted by atomic mass is 32.2. The van der Waals surface area contributed by atoms with E-state index < -0.39 is 0 Å². The van der Waals surface area contributed by atoms with Crippen molar-refractivity contribution in [1.29, 1.82) is 0 Å². The summed E-state index contributed by atoms with van der Waals surface area (Å²) < 4.78 is 11.1. The molecule has 2 aliphatic carbocycles. The van der Waals surface area contributed by atoms with Gasteiger partial charge in [-0.15, -0.1) is 5.10 Å². The van der Waals surface area contributed by atoms with Gasteiger partial charge in [-0.1, -0.05) is 32.5 Å². The molecule has 2 heterocycles. The maximum atomic E-state index is 12.6. The molecule has 2 aromatic rings. The number of aromatic nitrogens is 3. The van der Waals surface area contributed by atoms with E-state index in [9.17, 15) is 4.79 Å². The lowest BCUT2D eigenvalue weighted by Gasteiger charge is -2.33. The lowest BCUT2D eigenvalue weighted by molar-refractivity contribution is 0.102. The third-order valence-corrected chi connectivity index (χ3v) is 7.81. The fraction of sp³-hybridized carbons (Fsp3) is 0.524. The largest absolute Gasteiger partial charge is 0.486 e. The average Bonchev–Trinajstić information content (AvgIpc) is 3.04. The minimum atomic E-state index is 0.0131. The molecule has 146 valence electrons. The number of ether oxygens (including phenoxy) is 2. The van der Waals surface area contributed by atoms with Gasteiger partial charge in [0.1, 0.15) is 13.2 Å². The Labute approximate surface area is 168 Å². The Hall–Kier alpha value is -2.15. The van der Waals surface area contributed by atoms with Crippen LogP contribution < -0.4 is 9.47 Å². The van der Waals surface area contributed by atoms with Crippen molar-refractivity contribution >= 4 is 17.5 Å². The first-order chi connectivity index (χ1) is 13.4. The lowest BCUT2D eigenvalue weighted by Crippen LogP contribution is -2.32. The number of benzene rings is 1. The van der Waals surface area contributed by atoms with Crippen LogP contribution in [-0.4, -0.2) is 39.9 Å². The smallest absolute Gasteiger partial charge is 0.209 e. The highest BCUT2D eigenvalue weighted by Gasteiger charge is 2.61.